The second-order valence-corrected chi connectivity index (χ2v) is 7.67. The molecular weight excluding hydrogens is 352 g/mol. The molecular formula is C22H28N4O2. The summed E-state index contributed by atoms with van der Waals surface area (Å²) >= 11 is 0. The van der Waals surface area contributed by atoms with E-state index in [9.17, 15) is 9.90 Å². The highest BCUT2D eigenvalue weighted by Gasteiger charge is 2.34. The van der Waals surface area contributed by atoms with Gasteiger partial charge in [0, 0.05) is 32.7 Å². The second-order valence-electron chi connectivity index (χ2n) is 7.67. The summed E-state index contributed by atoms with van der Waals surface area (Å²) in [5.41, 5.74) is 10.1. The summed E-state index contributed by atoms with van der Waals surface area (Å²) in [7, 11) is 0. The zero-order valence-electron chi connectivity index (χ0n) is 16.0. The lowest BCUT2D eigenvalue weighted by molar-refractivity contribution is -0.125. The molecule has 2 heterocycles. The van der Waals surface area contributed by atoms with Crippen LogP contribution in [0.1, 0.15) is 22.7 Å². The van der Waals surface area contributed by atoms with Gasteiger partial charge in [-0.15, -0.1) is 0 Å². The molecule has 28 heavy (non-hydrogen) atoms. The Bertz CT molecular complexity index is 798. The SMILES string of the molecule is O=C(NCC(O)CN1CCc2ccccc2C1)C1CNNC1c1ccccc1. The highest BCUT2D eigenvalue weighted by Crippen LogP contribution is 2.24. The molecule has 0 spiro atoms. The largest absolute Gasteiger partial charge is 0.390 e. The lowest BCUT2D eigenvalue weighted by atomic mass is 9.94. The van der Waals surface area contributed by atoms with E-state index in [-0.39, 0.29) is 24.4 Å². The molecule has 3 atom stereocenters. The maximum Gasteiger partial charge on any atom is 0.226 e. The molecule has 4 N–H and O–H groups in total. The van der Waals surface area contributed by atoms with Crippen molar-refractivity contribution >= 4 is 5.91 Å². The number of hydrazine groups is 1. The molecule has 0 aromatic heterocycles. The third-order valence-electron chi connectivity index (χ3n) is 5.67. The Morgan fingerprint density at radius 3 is 2.71 bits per heavy atom. The van der Waals surface area contributed by atoms with Crippen molar-refractivity contribution in [3.63, 3.8) is 0 Å². The number of hydrogen-bond donors (Lipinski definition) is 4. The minimum absolute atomic E-state index is 0.0330. The van der Waals surface area contributed by atoms with Crippen molar-refractivity contribution in [1.29, 1.82) is 0 Å². The zero-order chi connectivity index (χ0) is 19.3. The quantitative estimate of drug-likeness (QED) is 0.601. The van der Waals surface area contributed by atoms with E-state index < -0.39 is 6.10 Å². The number of hydrogen-bond acceptors (Lipinski definition) is 5. The first kappa shape index (κ1) is 19.1. The maximum atomic E-state index is 12.7. The van der Waals surface area contributed by atoms with Gasteiger partial charge in [0.2, 0.25) is 5.91 Å². The summed E-state index contributed by atoms with van der Waals surface area (Å²) in [6.45, 7) is 3.21. The minimum Gasteiger partial charge on any atom is -0.390 e. The average Bonchev–Trinajstić information content (AvgIpc) is 3.23. The fourth-order valence-corrected chi connectivity index (χ4v) is 4.14. The number of fused-ring (bicyclic) bond motifs is 1. The molecule has 2 aromatic carbocycles. The third-order valence-corrected chi connectivity index (χ3v) is 5.67. The van der Waals surface area contributed by atoms with Crippen LogP contribution in [0, 0.1) is 5.92 Å². The van der Waals surface area contributed by atoms with Crippen molar-refractivity contribution in [1.82, 2.24) is 21.1 Å². The van der Waals surface area contributed by atoms with Crippen molar-refractivity contribution in [2.24, 2.45) is 5.92 Å². The molecule has 0 saturated carbocycles. The molecule has 0 bridgehead atoms. The van der Waals surface area contributed by atoms with Gasteiger partial charge in [-0.2, -0.15) is 0 Å². The van der Waals surface area contributed by atoms with Crippen molar-refractivity contribution in [3.05, 3.63) is 71.3 Å². The summed E-state index contributed by atoms with van der Waals surface area (Å²) in [6, 6.07) is 18.4. The molecule has 0 aliphatic carbocycles. The number of aliphatic hydroxyl groups excluding tert-OH is 1. The molecule has 3 unspecified atom stereocenters. The van der Waals surface area contributed by atoms with Crippen LogP contribution in [0.2, 0.25) is 0 Å². The summed E-state index contributed by atoms with van der Waals surface area (Å²) in [5, 5.41) is 13.4. The fourth-order valence-electron chi connectivity index (χ4n) is 4.14. The minimum atomic E-state index is -0.577. The summed E-state index contributed by atoms with van der Waals surface area (Å²) in [4.78, 5) is 14.9. The number of carbonyl (C=O) groups is 1. The highest BCUT2D eigenvalue weighted by atomic mass is 16.3. The lowest BCUT2D eigenvalue weighted by Gasteiger charge is -2.30. The van der Waals surface area contributed by atoms with Gasteiger partial charge in [0.05, 0.1) is 18.1 Å². The Hall–Kier alpha value is -2.25. The number of aliphatic hydroxyl groups is 1. The van der Waals surface area contributed by atoms with Crippen LogP contribution in [0.3, 0.4) is 0 Å². The Balaban J connectivity index is 1.27. The number of benzene rings is 2. The number of carbonyl (C=O) groups excluding carboxylic acids is 1. The number of amides is 1. The van der Waals surface area contributed by atoms with Crippen LogP contribution >= 0.6 is 0 Å². The smallest absolute Gasteiger partial charge is 0.226 e. The van der Waals surface area contributed by atoms with Crippen LogP contribution in [0.4, 0.5) is 0 Å². The highest BCUT2D eigenvalue weighted by molar-refractivity contribution is 5.80. The number of rotatable bonds is 6. The molecule has 4 rings (SSSR count). The molecule has 2 aromatic rings. The first-order chi connectivity index (χ1) is 13.7. The lowest BCUT2D eigenvalue weighted by Crippen LogP contribution is -2.44. The standard InChI is InChI=1S/C22H28N4O2/c27-19(15-26-11-10-16-6-4-5-9-18(16)14-26)12-23-22(28)20-13-24-25-21(20)17-7-2-1-3-8-17/h1-9,19-21,24-25,27H,10-15H2,(H,23,28). The maximum absolute atomic E-state index is 12.7. The van der Waals surface area contributed by atoms with Crippen LogP contribution in [0.5, 0.6) is 0 Å². The molecule has 6 heteroatoms. The summed E-state index contributed by atoms with van der Waals surface area (Å²) in [5.74, 6) is -0.231. The fraction of sp³-hybridized carbons (Fsp3) is 0.409. The van der Waals surface area contributed by atoms with Crippen molar-refractivity contribution in [2.75, 3.05) is 26.2 Å². The predicted octanol–water partition coefficient (Wildman–Crippen LogP) is 0.987. The Kier molecular flexibility index (Phi) is 6.02. The van der Waals surface area contributed by atoms with E-state index >= 15 is 0 Å². The molecule has 0 radical (unpaired) electrons. The van der Waals surface area contributed by atoms with Crippen LogP contribution < -0.4 is 16.2 Å². The molecule has 1 fully saturated rings. The van der Waals surface area contributed by atoms with E-state index in [4.69, 9.17) is 0 Å². The van der Waals surface area contributed by atoms with Gasteiger partial charge in [0.15, 0.2) is 0 Å². The second kappa shape index (κ2) is 8.84. The van der Waals surface area contributed by atoms with E-state index in [2.05, 4.69) is 45.3 Å². The van der Waals surface area contributed by atoms with E-state index in [0.717, 1.165) is 25.1 Å². The van der Waals surface area contributed by atoms with Crippen LogP contribution in [-0.2, 0) is 17.8 Å². The van der Waals surface area contributed by atoms with Crippen molar-refractivity contribution in [3.8, 4) is 0 Å². The predicted molar refractivity (Wildman–Crippen MR) is 108 cm³/mol. The molecule has 148 valence electrons. The number of β-amino-alcohol motifs (C(OH)–C–C–N with tert-alkyl or cyclic N) is 1. The zero-order valence-corrected chi connectivity index (χ0v) is 16.0. The third kappa shape index (κ3) is 4.42. The van der Waals surface area contributed by atoms with Crippen molar-refractivity contribution < 1.29 is 9.90 Å². The van der Waals surface area contributed by atoms with Crippen molar-refractivity contribution in [2.45, 2.75) is 25.1 Å². The Morgan fingerprint density at radius 1 is 1.14 bits per heavy atom. The van der Waals surface area contributed by atoms with Gasteiger partial charge in [-0.1, -0.05) is 54.6 Å². The topological polar surface area (TPSA) is 76.6 Å². The van der Waals surface area contributed by atoms with Gasteiger partial charge in [0.1, 0.15) is 0 Å². The van der Waals surface area contributed by atoms with Gasteiger partial charge >= 0.3 is 0 Å². The van der Waals surface area contributed by atoms with Gasteiger partial charge in [0.25, 0.3) is 0 Å². The van der Waals surface area contributed by atoms with E-state index in [1.165, 1.54) is 11.1 Å². The van der Waals surface area contributed by atoms with E-state index in [0.29, 0.717) is 13.1 Å². The first-order valence-corrected chi connectivity index (χ1v) is 9.99. The number of nitrogens with one attached hydrogen (secondary N) is 3. The molecule has 6 nitrogen and oxygen atoms in total. The monoisotopic (exact) mass is 380 g/mol. The summed E-state index contributed by atoms with van der Waals surface area (Å²) < 4.78 is 0. The van der Waals surface area contributed by atoms with Crippen LogP contribution in [-0.4, -0.2) is 48.2 Å². The Morgan fingerprint density at radius 2 is 1.89 bits per heavy atom. The van der Waals surface area contributed by atoms with Crippen LogP contribution in [0.25, 0.3) is 0 Å². The normalized spacial score (nSPS) is 23.2. The van der Waals surface area contributed by atoms with Gasteiger partial charge in [-0.3, -0.25) is 15.1 Å². The van der Waals surface area contributed by atoms with E-state index in [1.807, 2.05) is 30.3 Å². The molecule has 1 amide bonds. The Labute approximate surface area is 165 Å². The number of nitrogens with zero attached hydrogens (tertiary/aromatic N) is 1. The molecule has 2 aliphatic heterocycles. The summed E-state index contributed by atoms with van der Waals surface area (Å²) in [6.07, 6.45) is 0.430. The molecule has 2 aliphatic rings. The average molecular weight is 380 g/mol. The van der Waals surface area contributed by atoms with Gasteiger partial charge in [-0.25, -0.2) is 5.43 Å². The van der Waals surface area contributed by atoms with E-state index in [1.54, 1.807) is 0 Å². The van der Waals surface area contributed by atoms with Crippen LogP contribution in [0.15, 0.2) is 54.6 Å². The van der Waals surface area contributed by atoms with Gasteiger partial charge < -0.3 is 10.4 Å². The first-order valence-electron chi connectivity index (χ1n) is 9.99. The molecule has 1 saturated heterocycles. The van der Waals surface area contributed by atoms with Gasteiger partial charge in [-0.05, 0) is 23.1 Å².